The molecular weight excluding hydrogens is 146 g/mol. The Morgan fingerprint density at radius 1 is 1.33 bits per heavy atom. The molecule has 0 aromatic heterocycles. The van der Waals surface area contributed by atoms with Gasteiger partial charge in [0.05, 0.1) is 0 Å². The molecule has 0 aliphatic heterocycles. The lowest BCUT2D eigenvalue weighted by Crippen LogP contribution is -2.35. The summed E-state index contributed by atoms with van der Waals surface area (Å²) in [7, 11) is 0. The summed E-state index contributed by atoms with van der Waals surface area (Å²) in [5.41, 5.74) is 0. The average molecular weight is 167 g/mol. The summed E-state index contributed by atoms with van der Waals surface area (Å²) < 4.78 is 0. The SMILES string of the molecule is CCN[C@H](C)[C@H]1C[C@H]2CC[C@@H]1C2. The van der Waals surface area contributed by atoms with Gasteiger partial charge in [0.2, 0.25) is 0 Å². The first kappa shape index (κ1) is 8.55. The van der Waals surface area contributed by atoms with Crippen LogP contribution in [-0.2, 0) is 0 Å². The van der Waals surface area contributed by atoms with Gasteiger partial charge in [-0.25, -0.2) is 0 Å². The standard InChI is InChI=1S/C11H21N/c1-3-12-8(2)11-7-9-4-5-10(11)6-9/h8-12H,3-7H2,1-2H3/t8-,9+,10-,11-/m1/s1. The van der Waals surface area contributed by atoms with Gasteiger partial charge in [0.15, 0.2) is 0 Å². The quantitative estimate of drug-likeness (QED) is 0.680. The molecule has 0 spiro atoms. The lowest BCUT2D eigenvalue weighted by Gasteiger charge is -2.28. The van der Waals surface area contributed by atoms with E-state index in [0.717, 1.165) is 30.3 Å². The van der Waals surface area contributed by atoms with Crippen molar-refractivity contribution in [3.05, 3.63) is 0 Å². The molecule has 0 unspecified atom stereocenters. The highest BCUT2D eigenvalue weighted by atomic mass is 14.9. The molecule has 2 aliphatic rings. The Morgan fingerprint density at radius 2 is 2.17 bits per heavy atom. The smallest absolute Gasteiger partial charge is 0.00696 e. The summed E-state index contributed by atoms with van der Waals surface area (Å²) in [6.07, 6.45) is 6.10. The molecule has 0 aromatic rings. The highest BCUT2D eigenvalue weighted by Gasteiger charge is 2.41. The minimum atomic E-state index is 0.769. The van der Waals surface area contributed by atoms with Crippen LogP contribution < -0.4 is 5.32 Å². The van der Waals surface area contributed by atoms with E-state index in [1.54, 1.807) is 6.42 Å². The molecule has 12 heavy (non-hydrogen) atoms. The predicted molar refractivity (Wildman–Crippen MR) is 52.1 cm³/mol. The van der Waals surface area contributed by atoms with Crippen LogP contribution in [0.3, 0.4) is 0 Å². The number of rotatable bonds is 3. The Morgan fingerprint density at radius 3 is 2.67 bits per heavy atom. The topological polar surface area (TPSA) is 12.0 Å². The number of hydrogen-bond acceptors (Lipinski definition) is 1. The number of nitrogens with one attached hydrogen (secondary N) is 1. The average Bonchev–Trinajstić information content (AvgIpc) is 2.64. The summed E-state index contributed by atoms with van der Waals surface area (Å²) in [5.74, 6) is 3.17. The lowest BCUT2D eigenvalue weighted by molar-refractivity contribution is 0.263. The van der Waals surface area contributed by atoms with E-state index < -0.39 is 0 Å². The Bertz CT molecular complexity index is 155. The van der Waals surface area contributed by atoms with E-state index in [1.165, 1.54) is 19.3 Å². The molecule has 1 nitrogen and oxygen atoms in total. The molecular formula is C11H21N. The third-order valence-electron chi connectivity index (χ3n) is 3.96. The first-order chi connectivity index (χ1) is 5.81. The molecule has 70 valence electrons. The maximum Gasteiger partial charge on any atom is 0.00696 e. The number of hydrogen-bond donors (Lipinski definition) is 1. The van der Waals surface area contributed by atoms with E-state index in [4.69, 9.17) is 0 Å². The molecule has 0 heterocycles. The zero-order valence-electron chi connectivity index (χ0n) is 8.34. The molecule has 2 saturated carbocycles. The summed E-state index contributed by atoms with van der Waals surface area (Å²) in [4.78, 5) is 0. The van der Waals surface area contributed by atoms with Crippen LogP contribution in [0.15, 0.2) is 0 Å². The summed E-state index contributed by atoms with van der Waals surface area (Å²) in [5, 5.41) is 3.57. The van der Waals surface area contributed by atoms with Gasteiger partial charge in [0.1, 0.15) is 0 Å². The second kappa shape index (κ2) is 3.37. The van der Waals surface area contributed by atoms with Crippen molar-refractivity contribution in [3.63, 3.8) is 0 Å². The minimum Gasteiger partial charge on any atom is -0.314 e. The van der Waals surface area contributed by atoms with Crippen molar-refractivity contribution in [3.8, 4) is 0 Å². The number of fused-ring (bicyclic) bond motifs is 2. The molecule has 0 saturated heterocycles. The highest BCUT2D eigenvalue weighted by molar-refractivity contribution is 4.93. The van der Waals surface area contributed by atoms with Gasteiger partial charge in [-0.15, -0.1) is 0 Å². The maximum atomic E-state index is 3.57. The van der Waals surface area contributed by atoms with Gasteiger partial charge in [0, 0.05) is 6.04 Å². The fourth-order valence-electron chi connectivity index (χ4n) is 3.38. The first-order valence-electron chi connectivity index (χ1n) is 5.54. The minimum absolute atomic E-state index is 0.769. The van der Waals surface area contributed by atoms with Gasteiger partial charge in [-0.05, 0) is 50.5 Å². The van der Waals surface area contributed by atoms with Crippen LogP contribution in [0.1, 0.15) is 39.5 Å². The molecule has 1 heteroatoms. The molecule has 0 amide bonds. The van der Waals surface area contributed by atoms with Crippen LogP contribution >= 0.6 is 0 Å². The van der Waals surface area contributed by atoms with Gasteiger partial charge >= 0.3 is 0 Å². The van der Waals surface area contributed by atoms with E-state index in [-0.39, 0.29) is 0 Å². The van der Waals surface area contributed by atoms with Gasteiger partial charge in [-0.1, -0.05) is 13.3 Å². The van der Waals surface area contributed by atoms with Crippen molar-refractivity contribution in [1.82, 2.24) is 5.32 Å². The van der Waals surface area contributed by atoms with Crippen molar-refractivity contribution in [2.75, 3.05) is 6.54 Å². The highest BCUT2D eigenvalue weighted by Crippen LogP contribution is 2.49. The summed E-state index contributed by atoms with van der Waals surface area (Å²) in [6.45, 7) is 5.72. The molecule has 0 radical (unpaired) electrons. The zero-order chi connectivity index (χ0) is 8.55. The van der Waals surface area contributed by atoms with Crippen molar-refractivity contribution in [1.29, 1.82) is 0 Å². The maximum absolute atomic E-state index is 3.57. The molecule has 0 aromatic carbocycles. The zero-order valence-corrected chi connectivity index (χ0v) is 8.34. The normalized spacial score (nSPS) is 42.0. The third-order valence-corrected chi connectivity index (χ3v) is 3.96. The van der Waals surface area contributed by atoms with Crippen LogP contribution in [0.2, 0.25) is 0 Å². The van der Waals surface area contributed by atoms with Crippen LogP contribution in [0.25, 0.3) is 0 Å². The second-order valence-corrected chi connectivity index (χ2v) is 4.69. The van der Waals surface area contributed by atoms with Crippen molar-refractivity contribution < 1.29 is 0 Å². The Hall–Kier alpha value is -0.0400. The fraction of sp³-hybridized carbons (Fsp3) is 1.00. The molecule has 1 N–H and O–H groups in total. The fourth-order valence-corrected chi connectivity index (χ4v) is 3.38. The van der Waals surface area contributed by atoms with E-state index >= 15 is 0 Å². The Balaban J connectivity index is 1.89. The lowest BCUT2D eigenvalue weighted by atomic mass is 9.84. The van der Waals surface area contributed by atoms with Crippen LogP contribution in [0.5, 0.6) is 0 Å². The third kappa shape index (κ3) is 1.39. The largest absolute Gasteiger partial charge is 0.314 e. The van der Waals surface area contributed by atoms with Gasteiger partial charge in [-0.2, -0.15) is 0 Å². The molecule has 2 rings (SSSR count). The summed E-state index contributed by atoms with van der Waals surface area (Å²) in [6, 6.07) is 0.769. The van der Waals surface area contributed by atoms with Crippen LogP contribution in [0.4, 0.5) is 0 Å². The van der Waals surface area contributed by atoms with E-state index in [1.807, 2.05) is 0 Å². The van der Waals surface area contributed by atoms with Gasteiger partial charge in [0.25, 0.3) is 0 Å². The van der Waals surface area contributed by atoms with Gasteiger partial charge in [-0.3, -0.25) is 0 Å². The molecule has 2 fully saturated rings. The van der Waals surface area contributed by atoms with Crippen LogP contribution in [-0.4, -0.2) is 12.6 Å². The van der Waals surface area contributed by atoms with E-state index in [2.05, 4.69) is 19.2 Å². The van der Waals surface area contributed by atoms with Crippen molar-refractivity contribution in [2.24, 2.45) is 17.8 Å². The predicted octanol–water partition coefficient (Wildman–Crippen LogP) is 2.42. The van der Waals surface area contributed by atoms with Crippen molar-refractivity contribution in [2.45, 2.75) is 45.6 Å². The Labute approximate surface area is 75.9 Å². The second-order valence-electron chi connectivity index (χ2n) is 4.69. The Kier molecular flexibility index (Phi) is 2.40. The first-order valence-corrected chi connectivity index (χ1v) is 5.54. The summed E-state index contributed by atoms with van der Waals surface area (Å²) >= 11 is 0. The van der Waals surface area contributed by atoms with Gasteiger partial charge < -0.3 is 5.32 Å². The monoisotopic (exact) mass is 167 g/mol. The van der Waals surface area contributed by atoms with E-state index in [9.17, 15) is 0 Å². The molecule has 2 bridgehead atoms. The molecule has 4 atom stereocenters. The molecule has 2 aliphatic carbocycles. The van der Waals surface area contributed by atoms with E-state index in [0.29, 0.717) is 0 Å². The van der Waals surface area contributed by atoms with Crippen LogP contribution in [0, 0.1) is 17.8 Å². The van der Waals surface area contributed by atoms with Crippen molar-refractivity contribution >= 4 is 0 Å².